The van der Waals surface area contributed by atoms with Crippen molar-refractivity contribution < 1.29 is 37.7 Å². The van der Waals surface area contributed by atoms with E-state index in [1.54, 1.807) is 24.3 Å². The minimum atomic E-state index is -0.815. The Bertz CT molecular complexity index is 1330. The molecule has 2 aliphatic heterocycles. The molecular formula is C31H31FN2O7. The summed E-state index contributed by atoms with van der Waals surface area (Å²) in [6.07, 6.45) is 0.629. The first-order valence-electron chi connectivity index (χ1n) is 13.5. The van der Waals surface area contributed by atoms with E-state index in [-0.39, 0.29) is 31.4 Å². The maximum absolute atomic E-state index is 13.3. The Morgan fingerprint density at radius 2 is 1.56 bits per heavy atom. The quantitative estimate of drug-likeness (QED) is 0.392. The number of esters is 1. The lowest BCUT2D eigenvalue weighted by atomic mass is 10.0. The fourth-order valence-corrected chi connectivity index (χ4v) is 4.84. The number of hydrogen-bond donors (Lipinski definition) is 1. The fraction of sp³-hybridized carbons (Fsp3) is 0.323. The number of benzene rings is 3. The van der Waals surface area contributed by atoms with Gasteiger partial charge >= 0.3 is 5.97 Å². The summed E-state index contributed by atoms with van der Waals surface area (Å²) in [5, 5.41) is 2.64. The Morgan fingerprint density at radius 1 is 0.902 bits per heavy atom. The molecule has 0 bridgehead atoms. The summed E-state index contributed by atoms with van der Waals surface area (Å²) in [6.45, 7) is 1.16. The highest BCUT2D eigenvalue weighted by Crippen LogP contribution is 2.30. The van der Waals surface area contributed by atoms with Gasteiger partial charge in [-0.25, -0.2) is 9.18 Å². The summed E-state index contributed by atoms with van der Waals surface area (Å²) >= 11 is 0. The number of rotatable bonds is 9. The van der Waals surface area contributed by atoms with Gasteiger partial charge in [-0.05, 0) is 66.9 Å². The maximum atomic E-state index is 13.3. The molecule has 2 amide bonds. The number of amides is 2. The highest BCUT2D eigenvalue weighted by atomic mass is 19.1. The molecule has 0 saturated carbocycles. The number of hydrogen-bond acceptors (Lipinski definition) is 7. The van der Waals surface area contributed by atoms with E-state index < -0.39 is 30.1 Å². The number of ether oxygens (including phenoxy) is 4. The molecule has 214 valence electrons. The standard InChI is InChI=1S/C31H31FN2O7/c32-24-9-13-26(14-10-24)41-25-11-7-22(8-12-25)29(36)33-18-28(35)34-19-23(31-38-15-4-16-39-31)17-27(34)30(37)40-20-21-5-2-1-3-6-21/h1-3,5-14,23,27,31H,4,15-20H2,(H,33,36)/t23-,27-/m0/s1. The molecule has 3 aromatic carbocycles. The van der Waals surface area contributed by atoms with Gasteiger partial charge in [-0.2, -0.15) is 0 Å². The van der Waals surface area contributed by atoms with E-state index in [2.05, 4.69) is 5.32 Å². The van der Waals surface area contributed by atoms with Crippen LogP contribution in [0.3, 0.4) is 0 Å². The molecule has 10 heteroatoms. The predicted octanol–water partition coefficient (Wildman–Crippen LogP) is 4.07. The SMILES string of the molecule is O=C(NCC(=O)N1C[C@@H](C2OCCCO2)C[C@H]1C(=O)OCc1ccccc1)c1ccc(Oc2ccc(F)cc2)cc1. The molecule has 2 fully saturated rings. The van der Waals surface area contributed by atoms with Crippen LogP contribution in [-0.4, -0.2) is 61.3 Å². The Kier molecular flexibility index (Phi) is 9.22. The molecule has 0 spiro atoms. The predicted molar refractivity (Wildman–Crippen MR) is 145 cm³/mol. The zero-order valence-electron chi connectivity index (χ0n) is 22.4. The van der Waals surface area contributed by atoms with Gasteiger partial charge in [0.15, 0.2) is 6.29 Å². The van der Waals surface area contributed by atoms with Crippen molar-refractivity contribution >= 4 is 17.8 Å². The third-order valence-electron chi connectivity index (χ3n) is 6.95. The Morgan fingerprint density at radius 3 is 2.24 bits per heavy atom. The fourth-order valence-electron chi connectivity index (χ4n) is 4.84. The molecule has 1 N–H and O–H groups in total. The topological polar surface area (TPSA) is 103 Å². The van der Waals surface area contributed by atoms with E-state index in [9.17, 15) is 18.8 Å². The monoisotopic (exact) mass is 562 g/mol. The smallest absolute Gasteiger partial charge is 0.329 e. The minimum Gasteiger partial charge on any atom is -0.459 e. The highest BCUT2D eigenvalue weighted by Gasteiger charge is 2.44. The second-order valence-electron chi connectivity index (χ2n) is 9.88. The average molecular weight is 563 g/mol. The van der Waals surface area contributed by atoms with Crippen molar-refractivity contribution in [3.05, 3.63) is 95.8 Å². The van der Waals surface area contributed by atoms with E-state index in [0.29, 0.717) is 36.7 Å². The number of carbonyl (C=O) groups excluding carboxylic acids is 3. The molecule has 2 aliphatic rings. The van der Waals surface area contributed by atoms with Crippen molar-refractivity contribution in [2.24, 2.45) is 5.92 Å². The molecule has 2 saturated heterocycles. The van der Waals surface area contributed by atoms with Crippen LogP contribution in [0.25, 0.3) is 0 Å². The Labute approximate surface area is 237 Å². The van der Waals surface area contributed by atoms with Crippen molar-refractivity contribution in [2.75, 3.05) is 26.3 Å². The molecule has 0 unspecified atom stereocenters. The molecule has 0 radical (unpaired) electrons. The first-order valence-corrected chi connectivity index (χ1v) is 13.5. The summed E-state index contributed by atoms with van der Waals surface area (Å²) in [4.78, 5) is 40.5. The molecule has 0 aromatic heterocycles. The van der Waals surface area contributed by atoms with Crippen LogP contribution in [0.2, 0.25) is 0 Å². The van der Waals surface area contributed by atoms with Gasteiger partial charge in [0.2, 0.25) is 5.91 Å². The van der Waals surface area contributed by atoms with Crippen LogP contribution in [0.1, 0.15) is 28.8 Å². The van der Waals surface area contributed by atoms with E-state index in [1.807, 2.05) is 30.3 Å². The summed E-state index contributed by atoms with van der Waals surface area (Å²) in [6, 6.07) is 20.4. The van der Waals surface area contributed by atoms with Gasteiger partial charge in [-0.3, -0.25) is 9.59 Å². The van der Waals surface area contributed by atoms with Crippen molar-refractivity contribution in [3.63, 3.8) is 0 Å². The lowest BCUT2D eigenvalue weighted by Crippen LogP contribution is -2.46. The van der Waals surface area contributed by atoms with Gasteiger partial charge in [0.25, 0.3) is 5.91 Å². The van der Waals surface area contributed by atoms with Crippen LogP contribution in [-0.2, 0) is 30.4 Å². The first kappa shape index (κ1) is 28.3. The Balaban J connectivity index is 1.18. The number of carbonyl (C=O) groups is 3. The van der Waals surface area contributed by atoms with Gasteiger partial charge in [-0.15, -0.1) is 0 Å². The Hall–Kier alpha value is -4.28. The van der Waals surface area contributed by atoms with Crippen molar-refractivity contribution in [1.29, 1.82) is 0 Å². The van der Waals surface area contributed by atoms with Crippen LogP contribution >= 0.6 is 0 Å². The van der Waals surface area contributed by atoms with Crippen LogP contribution < -0.4 is 10.1 Å². The molecular weight excluding hydrogens is 531 g/mol. The van der Waals surface area contributed by atoms with Gasteiger partial charge in [0, 0.05) is 18.0 Å². The average Bonchev–Trinajstić information content (AvgIpc) is 3.47. The number of nitrogens with one attached hydrogen (secondary N) is 1. The van der Waals surface area contributed by atoms with Crippen LogP contribution in [0.5, 0.6) is 11.5 Å². The second-order valence-corrected chi connectivity index (χ2v) is 9.88. The van der Waals surface area contributed by atoms with Gasteiger partial charge < -0.3 is 29.2 Å². The summed E-state index contributed by atoms with van der Waals surface area (Å²) in [7, 11) is 0. The number of likely N-dealkylation sites (tertiary alicyclic amines) is 1. The zero-order valence-corrected chi connectivity index (χ0v) is 22.4. The normalized spacial score (nSPS) is 19.0. The first-order chi connectivity index (χ1) is 20.0. The zero-order chi connectivity index (χ0) is 28.6. The van der Waals surface area contributed by atoms with Crippen LogP contribution in [0, 0.1) is 11.7 Å². The highest BCUT2D eigenvalue weighted by molar-refractivity contribution is 5.97. The maximum Gasteiger partial charge on any atom is 0.329 e. The molecule has 41 heavy (non-hydrogen) atoms. The molecule has 9 nitrogen and oxygen atoms in total. The van der Waals surface area contributed by atoms with Gasteiger partial charge in [-0.1, -0.05) is 30.3 Å². The summed E-state index contributed by atoms with van der Waals surface area (Å²) < 4.78 is 35.8. The van der Waals surface area contributed by atoms with Gasteiger partial charge in [0.05, 0.1) is 19.8 Å². The summed E-state index contributed by atoms with van der Waals surface area (Å²) in [5.41, 5.74) is 1.17. The second kappa shape index (κ2) is 13.4. The van der Waals surface area contributed by atoms with Gasteiger partial charge in [0.1, 0.15) is 30.0 Å². The largest absolute Gasteiger partial charge is 0.459 e. The molecule has 3 aromatic rings. The third-order valence-corrected chi connectivity index (χ3v) is 6.95. The lowest BCUT2D eigenvalue weighted by molar-refractivity contribution is -0.202. The van der Waals surface area contributed by atoms with E-state index in [0.717, 1.165) is 12.0 Å². The lowest BCUT2D eigenvalue weighted by Gasteiger charge is -2.28. The molecule has 5 rings (SSSR count). The van der Waals surface area contributed by atoms with Crippen molar-refractivity contribution in [1.82, 2.24) is 10.2 Å². The number of halogens is 1. The van der Waals surface area contributed by atoms with Crippen LogP contribution in [0.15, 0.2) is 78.9 Å². The van der Waals surface area contributed by atoms with Crippen molar-refractivity contribution in [3.8, 4) is 11.5 Å². The van der Waals surface area contributed by atoms with E-state index in [4.69, 9.17) is 18.9 Å². The number of nitrogens with zero attached hydrogens (tertiary/aromatic N) is 1. The molecule has 2 atom stereocenters. The van der Waals surface area contributed by atoms with E-state index in [1.165, 1.54) is 29.2 Å². The summed E-state index contributed by atoms with van der Waals surface area (Å²) in [5.74, 6) is -1.01. The third kappa shape index (κ3) is 7.47. The van der Waals surface area contributed by atoms with E-state index >= 15 is 0 Å². The van der Waals surface area contributed by atoms with Crippen LogP contribution in [0.4, 0.5) is 4.39 Å². The minimum absolute atomic E-state index is 0.0942. The van der Waals surface area contributed by atoms with Crippen molar-refractivity contribution in [2.45, 2.75) is 31.8 Å². The molecule has 2 heterocycles. The molecule has 0 aliphatic carbocycles.